The van der Waals surface area contributed by atoms with E-state index in [0.29, 0.717) is 28.4 Å². The van der Waals surface area contributed by atoms with Crippen molar-refractivity contribution in [3.8, 4) is 0 Å². The molecule has 142 valence electrons. The van der Waals surface area contributed by atoms with Gasteiger partial charge in [-0.05, 0) is 62.1 Å². The summed E-state index contributed by atoms with van der Waals surface area (Å²) in [5.41, 5.74) is 0.683. The lowest BCUT2D eigenvalue weighted by molar-refractivity contribution is 0.160. The van der Waals surface area contributed by atoms with Gasteiger partial charge in [0.15, 0.2) is 9.84 Å². The summed E-state index contributed by atoms with van der Waals surface area (Å²) in [6.45, 7) is 0. The van der Waals surface area contributed by atoms with Crippen LogP contribution in [0.1, 0.15) is 25.7 Å². The van der Waals surface area contributed by atoms with Gasteiger partial charge in [0.1, 0.15) is 0 Å². The van der Waals surface area contributed by atoms with Crippen LogP contribution in [0.3, 0.4) is 0 Å². The number of rotatable bonds is 3. The van der Waals surface area contributed by atoms with E-state index in [4.69, 9.17) is 11.6 Å². The predicted molar refractivity (Wildman–Crippen MR) is 106 cm³/mol. The molecule has 0 aliphatic carbocycles. The number of nitrogens with one attached hydrogen (secondary N) is 1. The van der Waals surface area contributed by atoms with Gasteiger partial charge in [0.25, 0.3) is 0 Å². The van der Waals surface area contributed by atoms with Crippen LogP contribution in [0, 0.1) is 0 Å². The number of hydrogen-bond donors (Lipinski definition) is 1. The molecule has 2 bridgehead atoms. The topological polar surface area (TPSA) is 66.5 Å². The zero-order valence-corrected chi connectivity index (χ0v) is 16.3. The van der Waals surface area contributed by atoms with E-state index in [1.54, 1.807) is 48.5 Å². The van der Waals surface area contributed by atoms with Crippen LogP contribution >= 0.6 is 11.6 Å². The van der Waals surface area contributed by atoms with Crippen LogP contribution in [0.2, 0.25) is 5.02 Å². The number of halogens is 1. The minimum atomic E-state index is -3.37. The molecule has 1 unspecified atom stereocenters. The number of sulfone groups is 1. The van der Waals surface area contributed by atoms with Gasteiger partial charge in [-0.25, -0.2) is 13.2 Å². The predicted octanol–water partition coefficient (Wildman–Crippen LogP) is 4.34. The van der Waals surface area contributed by atoms with Gasteiger partial charge >= 0.3 is 6.03 Å². The van der Waals surface area contributed by atoms with E-state index in [1.165, 1.54) is 0 Å². The third kappa shape index (κ3) is 3.56. The van der Waals surface area contributed by atoms with Crippen molar-refractivity contribution in [3.05, 3.63) is 59.6 Å². The fourth-order valence-corrected chi connectivity index (χ4v) is 6.23. The number of fused-ring (bicyclic) bond motifs is 2. The molecule has 1 N–H and O–H groups in total. The zero-order chi connectivity index (χ0) is 19.0. The molecule has 0 spiro atoms. The van der Waals surface area contributed by atoms with Crippen molar-refractivity contribution in [3.63, 3.8) is 0 Å². The van der Waals surface area contributed by atoms with Crippen LogP contribution in [-0.2, 0) is 9.84 Å². The molecule has 0 aromatic heterocycles. The number of urea groups is 1. The molecule has 2 saturated heterocycles. The molecule has 4 rings (SSSR count). The van der Waals surface area contributed by atoms with Gasteiger partial charge in [0, 0.05) is 22.8 Å². The van der Waals surface area contributed by atoms with Crippen LogP contribution in [0.15, 0.2) is 59.5 Å². The number of anilines is 1. The number of hydrogen-bond acceptors (Lipinski definition) is 3. The first-order valence-corrected chi connectivity index (χ1v) is 11.0. The average molecular weight is 405 g/mol. The summed E-state index contributed by atoms with van der Waals surface area (Å²) in [4.78, 5) is 15.0. The molecule has 2 amide bonds. The molecule has 7 heteroatoms. The second-order valence-corrected chi connectivity index (χ2v) is 9.85. The van der Waals surface area contributed by atoms with Gasteiger partial charge in [0.2, 0.25) is 0 Å². The van der Waals surface area contributed by atoms with Gasteiger partial charge in [-0.1, -0.05) is 29.8 Å². The highest BCUT2D eigenvalue weighted by Gasteiger charge is 2.47. The number of amides is 2. The number of nitrogens with zero attached hydrogens (tertiary/aromatic N) is 1. The smallest absolute Gasteiger partial charge is 0.318 e. The van der Waals surface area contributed by atoms with Crippen LogP contribution in [0.4, 0.5) is 10.5 Å². The first kappa shape index (κ1) is 18.3. The van der Waals surface area contributed by atoms with Crippen molar-refractivity contribution >= 4 is 33.2 Å². The maximum atomic E-state index is 13.0. The van der Waals surface area contributed by atoms with Crippen molar-refractivity contribution in [2.24, 2.45) is 0 Å². The first-order chi connectivity index (χ1) is 12.9. The van der Waals surface area contributed by atoms with Gasteiger partial charge < -0.3 is 10.2 Å². The van der Waals surface area contributed by atoms with Crippen molar-refractivity contribution in [1.82, 2.24) is 4.90 Å². The van der Waals surface area contributed by atoms with E-state index >= 15 is 0 Å². The van der Waals surface area contributed by atoms with Gasteiger partial charge in [-0.2, -0.15) is 0 Å². The fourth-order valence-electron chi connectivity index (χ4n) is 4.24. The fraction of sp³-hybridized carbons (Fsp3) is 0.350. The third-order valence-corrected chi connectivity index (χ3v) is 7.97. The van der Waals surface area contributed by atoms with Crippen LogP contribution in [0.25, 0.3) is 0 Å². The number of piperidine rings is 1. The molecule has 2 heterocycles. The Hall–Kier alpha value is -2.05. The Morgan fingerprint density at radius 1 is 0.963 bits per heavy atom. The molecule has 2 fully saturated rings. The maximum Gasteiger partial charge on any atom is 0.322 e. The van der Waals surface area contributed by atoms with E-state index in [0.717, 1.165) is 12.8 Å². The highest BCUT2D eigenvalue weighted by atomic mass is 35.5. The van der Waals surface area contributed by atoms with Crippen LogP contribution in [-0.4, -0.2) is 36.7 Å². The summed E-state index contributed by atoms with van der Waals surface area (Å²) in [5.74, 6) is 0. The monoisotopic (exact) mass is 404 g/mol. The SMILES string of the molecule is O=C(Nc1ccc(Cl)cc1)N1[C@@H]2CC[C@H]1CC(S(=O)(=O)c1ccccc1)C2. The molecule has 5 nitrogen and oxygen atoms in total. The summed E-state index contributed by atoms with van der Waals surface area (Å²) in [6.07, 6.45) is 2.67. The Kier molecular flexibility index (Phi) is 4.86. The van der Waals surface area contributed by atoms with Crippen LogP contribution in [0.5, 0.6) is 0 Å². The third-order valence-electron chi connectivity index (χ3n) is 5.53. The summed E-state index contributed by atoms with van der Waals surface area (Å²) in [7, 11) is -3.37. The molecule has 0 saturated carbocycles. The van der Waals surface area contributed by atoms with Crippen molar-refractivity contribution in [2.75, 3.05) is 5.32 Å². The van der Waals surface area contributed by atoms with Crippen molar-refractivity contribution in [2.45, 2.75) is 47.9 Å². The zero-order valence-electron chi connectivity index (χ0n) is 14.7. The van der Waals surface area contributed by atoms with E-state index in [-0.39, 0.29) is 18.1 Å². The van der Waals surface area contributed by atoms with Gasteiger partial charge in [-0.3, -0.25) is 0 Å². The first-order valence-electron chi connectivity index (χ1n) is 9.09. The Morgan fingerprint density at radius 2 is 1.56 bits per heavy atom. The Labute approximate surface area is 164 Å². The molecule has 2 aliphatic rings. The minimum Gasteiger partial charge on any atom is -0.318 e. The number of benzene rings is 2. The molecule has 0 radical (unpaired) electrons. The average Bonchev–Trinajstić information content (AvgIpc) is 2.94. The molecule has 2 aromatic rings. The Bertz CT molecular complexity index is 917. The molecule has 2 aliphatic heterocycles. The molecule has 2 aromatic carbocycles. The van der Waals surface area contributed by atoms with E-state index < -0.39 is 15.1 Å². The summed E-state index contributed by atoms with van der Waals surface area (Å²) in [6, 6.07) is 15.3. The lowest BCUT2D eigenvalue weighted by Crippen LogP contribution is -2.51. The lowest BCUT2D eigenvalue weighted by atomic mass is 10.0. The molecular formula is C20H21ClN2O3S. The highest BCUT2D eigenvalue weighted by molar-refractivity contribution is 7.92. The maximum absolute atomic E-state index is 13.0. The normalized spacial score (nSPS) is 24.6. The lowest BCUT2D eigenvalue weighted by Gasteiger charge is -2.38. The standard InChI is InChI=1S/C20H21ClN2O3S/c21-14-6-8-15(9-7-14)22-20(24)23-16-10-11-17(23)13-19(12-16)27(25,26)18-4-2-1-3-5-18/h1-9,16-17,19H,10-13H2,(H,22,24)/t16-,17+,19?. The van der Waals surface area contributed by atoms with Crippen LogP contribution < -0.4 is 5.32 Å². The molecule has 3 atom stereocenters. The largest absolute Gasteiger partial charge is 0.322 e. The Balaban J connectivity index is 1.49. The molecular weight excluding hydrogens is 384 g/mol. The van der Waals surface area contributed by atoms with Gasteiger partial charge in [0.05, 0.1) is 10.1 Å². The van der Waals surface area contributed by atoms with Crippen molar-refractivity contribution in [1.29, 1.82) is 0 Å². The Morgan fingerprint density at radius 3 is 2.15 bits per heavy atom. The highest BCUT2D eigenvalue weighted by Crippen LogP contribution is 2.40. The van der Waals surface area contributed by atoms with E-state index in [1.807, 2.05) is 11.0 Å². The van der Waals surface area contributed by atoms with Crippen molar-refractivity contribution < 1.29 is 13.2 Å². The molecule has 27 heavy (non-hydrogen) atoms. The second-order valence-electron chi connectivity index (χ2n) is 7.18. The number of carbonyl (C=O) groups is 1. The minimum absolute atomic E-state index is 0.0421. The quantitative estimate of drug-likeness (QED) is 0.827. The summed E-state index contributed by atoms with van der Waals surface area (Å²) in [5, 5.41) is 3.08. The summed E-state index contributed by atoms with van der Waals surface area (Å²) < 4.78 is 25.9. The van der Waals surface area contributed by atoms with Gasteiger partial charge in [-0.15, -0.1) is 0 Å². The second kappa shape index (κ2) is 7.17. The summed E-state index contributed by atoms with van der Waals surface area (Å²) >= 11 is 5.88. The van der Waals surface area contributed by atoms with E-state index in [9.17, 15) is 13.2 Å². The van der Waals surface area contributed by atoms with E-state index in [2.05, 4.69) is 5.32 Å². The number of carbonyl (C=O) groups excluding carboxylic acids is 1.